The molecule has 0 aromatic heterocycles. The number of nitrogens with one attached hydrogen (secondary N) is 1. The molecule has 2 aromatic rings. The molecule has 1 N–H and O–H groups in total. The van der Waals surface area contributed by atoms with E-state index in [-0.39, 0.29) is 17.0 Å². The minimum absolute atomic E-state index is 0.00114. The van der Waals surface area contributed by atoms with Crippen molar-refractivity contribution in [1.82, 2.24) is 0 Å². The Bertz CT molecular complexity index is 735. The molecular weight excluding hydrogens is 315 g/mol. The number of aryl methyl sites for hydroxylation is 1. The van der Waals surface area contributed by atoms with Crippen molar-refractivity contribution in [2.45, 2.75) is 25.8 Å². The number of benzene rings is 2. The summed E-state index contributed by atoms with van der Waals surface area (Å²) in [4.78, 5) is 14.6. The van der Waals surface area contributed by atoms with Gasteiger partial charge in [0.2, 0.25) is 5.91 Å². The number of hydrogen-bond donors (Lipinski definition) is 1. The van der Waals surface area contributed by atoms with Crippen LogP contribution in [0, 0.1) is 5.82 Å². The molecule has 3 nitrogen and oxygen atoms in total. The van der Waals surface area contributed by atoms with E-state index < -0.39 is 5.82 Å². The zero-order chi connectivity index (χ0) is 16.4. The van der Waals surface area contributed by atoms with Crippen LogP contribution in [0.1, 0.15) is 18.9 Å². The largest absolute Gasteiger partial charge is 0.360 e. The van der Waals surface area contributed by atoms with Crippen molar-refractivity contribution in [3.63, 3.8) is 0 Å². The quantitative estimate of drug-likeness (QED) is 0.911. The van der Waals surface area contributed by atoms with E-state index in [0.29, 0.717) is 5.69 Å². The number of halogens is 2. The van der Waals surface area contributed by atoms with Gasteiger partial charge in [-0.2, -0.15) is 0 Å². The van der Waals surface area contributed by atoms with Gasteiger partial charge in [0.15, 0.2) is 0 Å². The second-order valence-electron chi connectivity index (χ2n) is 5.72. The van der Waals surface area contributed by atoms with Gasteiger partial charge in [-0.05, 0) is 49.6 Å². The first-order valence-electron chi connectivity index (χ1n) is 7.67. The molecule has 1 heterocycles. The van der Waals surface area contributed by atoms with E-state index in [1.807, 2.05) is 25.1 Å². The minimum atomic E-state index is -0.498. The third kappa shape index (κ3) is 3.32. The van der Waals surface area contributed by atoms with Gasteiger partial charge in [-0.1, -0.05) is 29.8 Å². The highest BCUT2D eigenvalue weighted by Crippen LogP contribution is 2.29. The van der Waals surface area contributed by atoms with Crippen molar-refractivity contribution < 1.29 is 9.18 Å². The molecule has 0 fully saturated rings. The second kappa shape index (κ2) is 6.59. The summed E-state index contributed by atoms with van der Waals surface area (Å²) in [5, 5.41) is 2.80. The lowest BCUT2D eigenvalue weighted by Crippen LogP contribution is -2.44. The van der Waals surface area contributed by atoms with Crippen LogP contribution in [-0.4, -0.2) is 18.5 Å². The second-order valence-corrected chi connectivity index (χ2v) is 6.13. The molecule has 2 aromatic carbocycles. The van der Waals surface area contributed by atoms with Gasteiger partial charge in [0, 0.05) is 17.9 Å². The topological polar surface area (TPSA) is 32.3 Å². The van der Waals surface area contributed by atoms with E-state index in [0.717, 1.165) is 25.1 Å². The average Bonchev–Trinajstić information content (AvgIpc) is 2.57. The molecule has 120 valence electrons. The molecule has 0 radical (unpaired) electrons. The number of rotatable bonds is 3. The maximum absolute atomic E-state index is 13.2. The zero-order valence-electron chi connectivity index (χ0n) is 12.9. The summed E-state index contributed by atoms with van der Waals surface area (Å²) in [5.74, 6) is -0.632. The summed E-state index contributed by atoms with van der Waals surface area (Å²) in [7, 11) is 0. The molecule has 1 atom stereocenters. The molecule has 0 spiro atoms. The molecule has 3 rings (SSSR count). The van der Waals surface area contributed by atoms with Crippen molar-refractivity contribution in [3.8, 4) is 0 Å². The molecule has 5 heteroatoms. The normalized spacial score (nSPS) is 15.0. The van der Waals surface area contributed by atoms with Crippen molar-refractivity contribution >= 4 is 28.9 Å². The summed E-state index contributed by atoms with van der Waals surface area (Å²) >= 11 is 5.76. The summed E-state index contributed by atoms with van der Waals surface area (Å²) < 4.78 is 13.2. The highest BCUT2D eigenvalue weighted by molar-refractivity contribution is 6.31. The molecular formula is C18H18ClFN2O. The van der Waals surface area contributed by atoms with E-state index in [2.05, 4.69) is 16.3 Å². The lowest BCUT2D eigenvalue weighted by Gasteiger charge is -2.35. The fraction of sp³-hybridized carbons (Fsp3) is 0.278. The van der Waals surface area contributed by atoms with Gasteiger partial charge in [-0.3, -0.25) is 4.79 Å². The molecule has 1 unspecified atom stereocenters. The minimum Gasteiger partial charge on any atom is -0.360 e. The lowest BCUT2D eigenvalue weighted by atomic mass is 10.00. The Morgan fingerprint density at radius 1 is 1.30 bits per heavy atom. The van der Waals surface area contributed by atoms with Gasteiger partial charge in [-0.15, -0.1) is 0 Å². The van der Waals surface area contributed by atoms with Crippen LogP contribution in [0.3, 0.4) is 0 Å². The predicted molar refractivity (Wildman–Crippen MR) is 91.6 cm³/mol. The van der Waals surface area contributed by atoms with Crippen LogP contribution in [0.15, 0.2) is 42.5 Å². The summed E-state index contributed by atoms with van der Waals surface area (Å²) in [5.41, 5.74) is 2.88. The van der Waals surface area contributed by atoms with Gasteiger partial charge in [0.25, 0.3) is 0 Å². The van der Waals surface area contributed by atoms with Gasteiger partial charge in [-0.25, -0.2) is 4.39 Å². The SMILES string of the molecule is CC(C(=O)Nc1ccc(F)c(Cl)c1)N1CCCc2ccccc21. The van der Waals surface area contributed by atoms with E-state index in [1.54, 1.807) is 0 Å². The number of carbonyl (C=O) groups is 1. The standard InChI is InChI=1S/C18H18ClFN2O/c1-12(18(23)21-14-8-9-16(20)15(19)11-14)22-10-4-6-13-5-2-3-7-17(13)22/h2-3,5,7-9,11-12H,4,6,10H2,1H3,(H,21,23). The van der Waals surface area contributed by atoms with E-state index in [1.165, 1.54) is 23.8 Å². The summed E-state index contributed by atoms with van der Waals surface area (Å²) in [6.07, 6.45) is 2.06. The number of para-hydroxylation sites is 1. The molecule has 1 aliphatic rings. The highest BCUT2D eigenvalue weighted by atomic mass is 35.5. The van der Waals surface area contributed by atoms with E-state index in [4.69, 9.17) is 11.6 Å². The maximum atomic E-state index is 13.2. The molecule has 0 bridgehead atoms. The Labute approximate surface area is 140 Å². The van der Waals surface area contributed by atoms with Gasteiger partial charge in [0.05, 0.1) is 5.02 Å². The van der Waals surface area contributed by atoms with Crippen molar-refractivity contribution in [2.75, 3.05) is 16.8 Å². The molecule has 1 amide bonds. The van der Waals surface area contributed by atoms with E-state index >= 15 is 0 Å². The Balaban J connectivity index is 1.76. The number of amides is 1. The van der Waals surface area contributed by atoms with Crippen LogP contribution in [0.4, 0.5) is 15.8 Å². The smallest absolute Gasteiger partial charge is 0.246 e. The third-order valence-corrected chi connectivity index (χ3v) is 4.47. The van der Waals surface area contributed by atoms with E-state index in [9.17, 15) is 9.18 Å². The van der Waals surface area contributed by atoms with Gasteiger partial charge in [0.1, 0.15) is 11.9 Å². The van der Waals surface area contributed by atoms with Crippen molar-refractivity contribution in [2.24, 2.45) is 0 Å². The Morgan fingerprint density at radius 2 is 2.09 bits per heavy atom. The predicted octanol–water partition coefficient (Wildman–Crippen LogP) is 4.26. The molecule has 23 heavy (non-hydrogen) atoms. The molecule has 0 saturated carbocycles. The molecule has 1 aliphatic heterocycles. The van der Waals surface area contributed by atoms with Crippen LogP contribution in [0.5, 0.6) is 0 Å². The highest BCUT2D eigenvalue weighted by Gasteiger charge is 2.25. The Kier molecular flexibility index (Phi) is 4.53. The fourth-order valence-corrected chi connectivity index (χ4v) is 3.11. The third-order valence-electron chi connectivity index (χ3n) is 4.18. The van der Waals surface area contributed by atoms with Gasteiger partial charge < -0.3 is 10.2 Å². The van der Waals surface area contributed by atoms with Crippen LogP contribution in [-0.2, 0) is 11.2 Å². The number of carbonyl (C=O) groups excluding carboxylic acids is 1. The van der Waals surface area contributed by atoms with Crippen LogP contribution >= 0.6 is 11.6 Å². The van der Waals surface area contributed by atoms with Gasteiger partial charge >= 0.3 is 0 Å². The van der Waals surface area contributed by atoms with Crippen LogP contribution < -0.4 is 10.2 Å². The zero-order valence-corrected chi connectivity index (χ0v) is 13.6. The summed E-state index contributed by atoms with van der Waals surface area (Å²) in [6.45, 7) is 2.72. The maximum Gasteiger partial charge on any atom is 0.246 e. The Hall–Kier alpha value is -2.07. The van der Waals surface area contributed by atoms with Crippen LogP contribution in [0.2, 0.25) is 5.02 Å². The monoisotopic (exact) mass is 332 g/mol. The number of fused-ring (bicyclic) bond motifs is 1. The first-order valence-corrected chi connectivity index (χ1v) is 8.04. The number of anilines is 2. The fourth-order valence-electron chi connectivity index (χ4n) is 2.93. The summed E-state index contributed by atoms with van der Waals surface area (Å²) in [6, 6.07) is 12.0. The van der Waals surface area contributed by atoms with Crippen molar-refractivity contribution in [1.29, 1.82) is 0 Å². The first-order chi connectivity index (χ1) is 11.1. The average molecular weight is 333 g/mol. The lowest BCUT2D eigenvalue weighted by molar-refractivity contribution is -0.117. The molecule has 0 saturated heterocycles. The Morgan fingerprint density at radius 3 is 2.87 bits per heavy atom. The number of nitrogens with zero attached hydrogens (tertiary/aromatic N) is 1. The van der Waals surface area contributed by atoms with Crippen molar-refractivity contribution in [3.05, 3.63) is 58.9 Å². The van der Waals surface area contributed by atoms with Crippen LogP contribution in [0.25, 0.3) is 0 Å². The number of hydrogen-bond acceptors (Lipinski definition) is 2. The molecule has 0 aliphatic carbocycles. The first kappa shape index (κ1) is 15.8.